The molecule has 0 saturated heterocycles. The summed E-state index contributed by atoms with van der Waals surface area (Å²) in [6, 6.07) is 94.6. The van der Waals surface area contributed by atoms with Crippen LogP contribution in [-0.4, -0.2) is 0 Å². The van der Waals surface area contributed by atoms with Crippen molar-refractivity contribution < 1.29 is 0 Å². The van der Waals surface area contributed by atoms with Gasteiger partial charge in [0.2, 0.25) is 0 Å². The zero-order valence-electron chi connectivity index (χ0n) is 34.8. The monoisotopic (exact) mass is 801 g/mol. The molecular weight excluding hydrogens is 759 g/mol. The molecule has 11 rings (SSSR count). The SMILES string of the molecule is c1ccc(-c2ccc(N(c3ccc(-c4ccc5c(c4)c(-c4ccccc4)c(-c4ccccc4)c4ccccc45)cc3)c3cc(-c4ccccc4)cc(-c4ccccc4)c3)cc2)cc1. The molecule has 0 saturated carbocycles. The number of fused-ring (bicyclic) bond motifs is 3. The zero-order chi connectivity index (χ0) is 42.0. The van der Waals surface area contributed by atoms with Gasteiger partial charge in [-0.3, -0.25) is 0 Å². The van der Waals surface area contributed by atoms with Crippen LogP contribution in [-0.2, 0) is 0 Å². The minimum absolute atomic E-state index is 1.08. The van der Waals surface area contributed by atoms with Gasteiger partial charge in [0, 0.05) is 17.1 Å². The summed E-state index contributed by atoms with van der Waals surface area (Å²) in [6.07, 6.45) is 0. The van der Waals surface area contributed by atoms with E-state index in [1.165, 1.54) is 82.7 Å². The van der Waals surface area contributed by atoms with Gasteiger partial charge in [-0.15, -0.1) is 0 Å². The molecule has 63 heavy (non-hydrogen) atoms. The molecule has 0 aliphatic carbocycles. The average Bonchev–Trinajstić information content (AvgIpc) is 3.37. The van der Waals surface area contributed by atoms with E-state index in [1.807, 2.05) is 0 Å². The zero-order valence-corrected chi connectivity index (χ0v) is 34.8. The quantitative estimate of drug-likeness (QED) is 0.131. The van der Waals surface area contributed by atoms with Crippen molar-refractivity contribution in [2.24, 2.45) is 0 Å². The van der Waals surface area contributed by atoms with Crippen molar-refractivity contribution in [3.8, 4) is 66.8 Å². The number of hydrogen-bond donors (Lipinski definition) is 0. The second-order valence-electron chi connectivity index (χ2n) is 16.1. The molecule has 0 aromatic heterocycles. The summed E-state index contributed by atoms with van der Waals surface area (Å²) in [6.45, 7) is 0. The topological polar surface area (TPSA) is 3.24 Å². The van der Waals surface area contributed by atoms with Gasteiger partial charge >= 0.3 is 0 Å². The molecule has 0 N–H and O–H groups in total. The Morgan fingerprint density at radius 3 is 0.984 bits per heavy atom. The molecule has 296 valence electrons. The first-order valence-electron chi connectivity index (χ1n) is 21.7. The van der Waals surface area contributed by atoms with E-state index < -0.39 is 0 Å². The lowest BCUT2D eigenvalue weighted by Gasteiger charge is -2.27. The largest absolute Gasteiger partial charge is 0.310 e. The molecule has 0 amide bonds. The first-order chi connectivity index (χ1) is 31.2. The van der Waals surface area contributed by atoms with Crippen LogP contribution in [0.5, 0.6) is 0 Å². The highest BCUT2D eigenvalue weighted by atomic mass is 15.1. The van der Waals surface area contributed by atoms with E-state index in [1.54, 1.807) is 0 Å². The van der Waals surface area contributed by atoms with Crippen LogP contribution < -0.4 is 4.90 Å². The molecule has 0 aliphatic heterocycles. The van der Waals surface area contributed by atoms with Crippen LogP contribution in [0.1, 0.15) is 0 Å². The van der Waals surface area contributed by atoms with Crippen LogP contribution in [0.3, 0.4) is 0 Å². The lowest BCUT2D eigenvalue weighted by molar-refractivity contribution is 1.28. The van der Waals surface area contributed by atoms with E-state index in [9.17, 15) is 0 Å². The van der Waals surface area contributed by atoms with Gasteiger partial charge < -0.3 is 4.90 Å². The molecule has 0 aliphatic rings. The highest BCUT2D eigenvalue weighted by Gasteiger charge is 2.20. The molecule has 0 bridgehead atoms. The van der Waals surface area contributed by atoms with Gasteiger partial charge in [-0.1, -0.05) is 212 Å². The lowest BCUT2D eigenvalue weighted by atomic mass is 9.84. The fourth-order valence-electron chi connectivity index (χ4n) is 9.20. The van der Waals surface area contributed by atoms with Crippen LogP contribution in [0, 0.1) is 0 Å². The molecule has 0 spiro atoms. The first kappa shape index (κ1) is 37.7. The summed E-state index contributed by atoms with van der Waals surface area (Å²) < 4.78 is 0. The first-order valence-corrected chi connectivity index (χ1v) is 21.7. The van der Waals surface area contributed by atoms with Gasteiger partial charge in [0.1, 0.15) is 0 Å². The predicted octanol–water partition coefficient (Wildman–Crippen LogP) is 17.5. The Kier molecular flexibility index (Phi) is 9.97. The van der Waals surface area contributed by atoms with Gasteiger partial charge in [-0.25, -0.2) is 0 Å². The maximum Gasteiger partial charge on any atom is 0.0473 e. The summed E-state index contributed by atoms with van der Waals surface area (Å²) in [5.74, 6) is 0. The van der Waals surface area contributed by atoms with Gasteiger partial charge in [0.25, 0.3) is 0 Å². The minimum atomic E-state index is 1.08. The van der Waals surface area contributed by atoms with E-state index >= 15 is 0 Å². The number of rotatable bonds is 9. The Morgan fingerprint density at radius 1 is 0.175 bits per heavy atom. The van der Waals surface area contributed by atoms with Crippen molar-refractivity contribution >= 4 is 38.6 Å². The van der Waals surface area contributed by atoms with Crippen molar-refractivity contribution in [1.29, 1.82) is 0 Å². The fourth-order valence-corrected chi connectivity index (χ4v) is 9.20. The van der Waals surface area contributed by atoms with Crippen molar-refractivity contribution in [1.82, 2.24) is 0 Å². The van der Waals surface area contributed by atoms with Gasteiger partial charge in [0.05, 0.1) is 0 Å². The van der Waals surface area contributed by atoms with Crippen molar-refractivity contribution in [2.75, 3.05) is 4.90 Å². The molecule has 11 aromatic carbocycles. The minimum Gasteiger partial charge on any atom is -0.310 e. The lowest BCUT2D eigenvalue weighted by Crippen LogP contribution is -2.10. The Morgan fingerprint density at radius 2 is 0.508 bits per heavy atom. The highest BCUT2D eigenvalue weighted by Crippen LogP contribution is 2.46. The van der Waals surface area contributed by atoms with Crippen LogP contribution in [0.4, 0.5) is 17.1 Å². The molecule has 0 fully saturated rings. The maximum absolute atomic E-state index is 2.40. The molecule has 1 heteroatoms. The molecule has 0 heterocycles. The third-order valence-corrected chi connectivity index (χ3v) is 12.2. The Balaban J connectivity index is 1.07. The second kappa shape index (κ2) is 16.7. The molecule has 0 atom stereocenters. The molecular formula is C62H43N. The Hall–Kier alpha value is -8.26. The molecule has 0 radical (unpaired) electrons. The summed E-state index contributed by atoms with van der Waals surface area (Å²) in [5, 5.41) is 5.01. The van der Waals surface area contributed by atoms with E-state index in [4.69, 9.17) is 0 Å². The number of anilines is 3. The third kappa shape index (κ3) is 7.37. The van der Waals surface area contributed by atoms with E-state index in [-0.39, 0.29) is 0 Å². The van der Waals surface area contributed by atoms with Crippen LogP contribution in [0.2, 0.25) is 0 Å². The third-order valence-electron chi connectivity index (χ3n) is 12.2. The predicted molar refractivity (Wildman–Crippen MR) is 269 cm³/mol. The Bertz CT molecular complexity index is 3270. The van der Waals surface area contributed by atoms with Gasteiger partial charge in [0.15, 0.2) is 0 Å². The number of benzene rings is 11. The van der Waals surface area contributed by atoms with Crippen molar-refractivity contribution in [3.63, 3.8) is 0 Å². The number of nitrogens with zero attached hydrogens (tertiary/aromatic N) is 1. The summed E-state index contributed by atoms with van der Waals surface area (Å²) in [4.78, 5) is 2.39. The average molecular weight is 802 g/mol. The molecule has 1 nitrogen and oxygen atoms in total. The van der Waals surface area contributed by atoms with E-state index in [0.29, 0.717) is 0 Å². The normalized spacial score (nSPS) is 11.2. The van der Waals surface area contributed by atoms with Crippen molar-refractivity contribution in [2.45, 2.75) is 0 Å². The van der Waals surface area contributed by atoms with Gasteiger partial charge in [-0.05, 0) is 137 Å². The van der Waals surface area contributed by atoms with Crippen LogP contribution in [0.15, 0.2) is 261 Å². The van der Waals surface area contributed by atoms with Gasteiger partial charge in [-0.2, -0.15) is 0 Å². The second-order valence-corrected chi connectivity index (χ2v) is 16.1. The molecule has 0 unspecified atom stereocenters. The summed E-state index contributed by atoms with van der Waals surface area (Å²) >= 11 is 0. The molecule has 11 aromatic rings. The highest BCUT2D eigenvalue weighted by molar-refractivity contribution is 6.22. The van der Waals surface area contributed by atoms with E-state index in [0.717, 1.165) is 22.6 Å². The van der Waals surface area contributed by atoms with Crippen LogP contribution >= 0.6 is 0 Å². The summed E-state index contributed by atoms with van der Waals surface area (Å²) in [5.41, 5.74) is 17.6. The van der Waals surface area contributed by atoms with E-state index in [2.05, 4.69) is 266 Å². The summed E-state index contributed by atoms with van der Waals surface area (Å²) in [7, 11) is 0. The van der Waals surface area contributed by atoms with Crippen molar-refractivity contribution in [3.05, 3.63) is 261 Å². The standard InChI is InChI=1S/C62H43N/c1-6-18-44(19-7-1)47-30-35-54(36-31-47)63(56-41-52(45-20-8-2-9-21-45)40-53(42-56)46-22-10-3-11-23-46)55-37-32-48(33-38-55)51-34-39-58-57-28-16-17-29-59(57)61(49-24-12-4-13-25-49)62(60(58)43-51)50-26-14-5-15-27-50/h1-43H. The Labute approximate surface area is 369 Å². The van der Waals surface area contributed by atoms with Crippen LogP contribution in [0.25, 0.3) is 88.3 Å². The smallest absolute Gasteiger partial charge is 0.0473 e. The maximum atomic E-state index is 2.40. The number of hydrogen-bond acceptors (Lipinski definition) is 1. The fraction of sp³-hybridized carbons (Fsp3) is 0.